The van der Waals surface area contributed by atoms with E-state index in [2.05, 4.69) is 20.6 Å². The summed E-state index contributed by atoms with van der Waals surface area (Å²) in [6, 6.07) is 2.23. The molecule has 3 rings (SSSR count). The Hall–Kier alpha value is -2.01. The van der Waals surface area contributed by atoms with Crippen LogP contribution in [0.4, 0.5) is 13.2 Å². The number of tetrazole rings is 1. The summed E-state index contributed by atoms with van der Waals surface area (Å²) in [5.74, 6) is 0.324. The number of nitrogens with zero attached hydrogens (tertiary/aromatic N) is 3. The Balaban J connectivity index is 2.09. The third-order valence-electron chi connectivity index (χ3n) is 5.54. The first-order valence-corrected chi connectivity index (χ1v) is 11.4. The zero-order valence-corrected chi connectivity index (χ0v) is 16.9. The van der Waals surface area contributed by atoms with Gasteiger partial charge >= 0.3 is 6.18 Å². The number of aromatic nitrogens is 4. The van der Waals surface area contributed by atoms with E-state index in [0.29, 0.717) is 18.0 Å². The Bertz CT molecular complexity index is 937. The minimum absolute atomic E-state index is 0.0691. The quantitative estimate of drug-likeness (QED) is 0.725. The van der Waals surface area contributed by atoms with Crippen LogP contribution in [0.2, 0.25) is 0 Å². The van der Waals surface area contributed by atoms with E-state index in [9.17, 15) is 21.6 Å². The molecular formula is C18H24F3N5O2S. The van der Waals surface area contributed by atoms with Crippen molar-refractivity contribution in [2.24, 2.45) is 11.7 Å². The van der Waals surface area contributed by atoms with Gasteiger partial charge in [0.1, 0.15) is 0 Å². The monoisotopic (exact) mass is 431 g/mol. The van der Waals surface area contributed by atoms with Crippen molar-refractivity contribution >= 4 is 9.84 Å². The highest BCUT2D eigenvalue weighted by molar-refractivity contribution is 7.91. The number of aromatic amines is 1. The smallest absolute Gasteiger partial charge is 0.330 e. The maximum Gasteiger partial charge on any atom is 0.417 e. The molecule has 7 nitrogen and oxygen atoms in total. The summed E-state index contributed by atoms with van der Waals surface area (Å²) in [7, 11) is -4.21. The first-order valence-electron chi connectivity index (χ1n) is 9.51. The highest BCUT2D eigenvalue weighted by Crippen LogP contribution is 2.46. The lowest BCUT2D eigenvalue weighted by Crippen LogP contribution is -2.19. The molecule has 0 spiro atoms. The van der Waals surface area contributed by atoms with Crippen LogP contribution in [-0.2, 0) is 16.0 Å². The van der Waals surface area contributed by atoms with Gasteiger partial charge in [-0.05, 0) is 73.7 Å². The maximum absolute atomic E-state index is 13.6. The van der Waals surface area contributed by atoms with E-state index in [4.69, 9.17) is 5.73 Å². The fourth-order valence-electron chi connectivity index (χ4n) is 4.21. The third kappa shape index (κ3) is 4.77. The van der Waals surface area contributed by atoms with Crippen LogP contribution in [0, 0.1) is 5.92 Å². The molecule has 0 bridgehead atoms. The molecule has 1 aromatic carbocycles. The summed E-state index contributed by atoms with van der Waals surface area (Å²) in [5, 5.41) is 13.2. The van der Waals surface area contributed by atoms with Crippen molar-refractivity contribution in [1.29, 1.82) is 0 Å². The predicted molar refractivity (Wildman–Crippen MR) is 101 cm³/mol. The lowest BCUT2D eigenvalue weighted by Gasteiger charge is -2.30. The lowest BCUT2D eigenvalue weighted by molar-refractivity contribution is -0.139. The van der Waals surface area contributed by atoms with Crippen molar-refractivity contribution < 1.29 is 21.6 Å². The second kappa shape index (κ2) is 8.39. The Morgan fingerprint density at radius 1 is 1.21 bits per heavy atom. The standard InChI is InChI=1S/C18H24F3N5O2S/c1-29(27,28)16-14(18(19,20)21)9-8-13(15(16)17-23-25-26-24-17)12-6-4-11(5-7-12)3-2-10-22/h8-9,11-12H,2-7,10,22H2,1H3,(H,23,24,25,26). The molecule has 1 aliphatic rings. The van der Waals surface area contributed by atoms with Gasteiger partial charge in [0, 0.05) is 11.8 Å². The van der Waals surface area contributed by atoms with E-state index >= 15 is 0 Å². The molecule has 0 aliphatic heterocycles. The molecule has 11 heteroatoms. The second-order valence-corrected chi connectivity index (χ2v) is 9.51. The van der Waals surface area contributed by atoms with Crippen LogP contribution in [0.15, 0.2) is 17.0 Å². The molecule has 1 aromatic heterocycles. The van der Waals surface area contributed by atoms with Crippen molar-refractivity contribution in [3.8, 4) is 11.4 Å². The lowest BCUT2D eigenvalue weighted by atomic mass is 9.76. The van der Waals surface area contributed by atoms with E-state index in [0.717, 1.165) is 50.8 Å². The molecule has 0 saturated heterocycles. The van der Waals surface area contributed by atoms with Gasteiger partial charge < -0.3 is 5.73 Å². The number of rotatable bonds is 6. The van der Waals surface area contributed by atoms with Gasteiger partial charge in [-0.15, -0.1) is 10.2 Å². The van der Waals surface area contributed by atoms with Gasteiger partial charge in [-0.25, -0.2) is 8.42 Å². The fraction of sp³-hybridized carbons (Fsp3) is 0.611. The highest BCUT2D eigenvalue weighted by atomic mass is 32.2. The second-order valence-electron chi connectivity index (χ2n) is 7.56. The van der Waals surface area contributed by atoms with Gasteiger partial charge in [0.15, 0.2) is 9.84 Å². The summed E-state index contributed by atoms with van der Waals surface area (Å²) >= 11 is 0. The van der Waals surface area contributed by atoms with Crippen LogP contribution in [0.5, 0.6) is 0 Å². The van der Waals surface area contributed by atoms with Crippen molar-refractivity contribution in [3.63, 3.8) is 0 Å². The highest BCUT2D eigenvalue weighted by Gasteiger charge is 2.40. The molecule has 1 aliphatic carbocycles. The van der Waals surface area contributed by atoms with Crippen molar-refractivity contribution in [3.05, 3.63) is 23.3 Å². The number of nitrogens with one attached hydrogen (secondary N) is 1. The van der Waals surface area contributed by atoms with E-state index in [1.165, 1.54) is 6.07 Å². The largest absolute Gasteiger partial charge is 0.417 e. The number of nitrogens with two attached hydrogens (primary N) is 1. The van der Waals surface area contributed by atoms with Gasteiger partial charge in [0.05, 0.1) is 10.5 Å². The van der Waals surface area contributed by atoms with Crippen LogP contribution >= 0.6 is 0 Å². The molecule has 29 heavy (non-hydrogen) atoms. The predicted octanol–water partition coefficient (Wildman–Crippen LogP) is 3.30. The minimum Gasteiger partial charge on any atom is -0.330 e. The number of alkyl halides is 3. The van der Waals surface area contributed by atoms with Crippen molar-refractivity contribution in [2.75, 3.05) is 12.8 Å². The summed E-state index contributed by atoms with van der Waals surface area (Å²) in [6.45, 7) is 0.637. The van der Waals surface area contributed by atoms with Crippen LogP contribution in [0.25, 0.3) is 11.4 Å². The molecule has 1 heterocycles. The molecule has 3 N–H and O–H groups in total. The molecule has 0 atom stereocenters. The van der Waals surface area contributed by atoms with E-state index < -0.39 is 26.5 Å². The van der Waals surface area contributed by atoms with Gasteiger partial charge in [-0.1, -0.05) is 6.07 Å². The molecule has 0 unspecified atom stereocenters. The Morgan fingerprint density at radius 2 is 1.90 bits per heavy atom. The number of benzene rings is 1. The Kier molecular flexibility index (Phi) is 6.27. The summed E-state index contributed by atoms with van der Waals surface area (Å²) in [6.07, 6.45) is 1.29. The van der Waals surface area contributed by atoms with Gasteiger partial charge in [-0.3, -0.25) is 0 Å². The third-order valence-corrected chi connectivity index (χ3v) is 6.70. The van der Waals surface area contributed by atoms with E-state index in [1.54, 1.807) is 0 Å². The van der Waals surface area contributed by atoms with Crippen LogP contribution < -0.4 is 5.73 Å². The van der Waals surface area contributed by atoms with Crippen molar-refractivity contribution in [1.82, 2.24) is 20.6 Å². The molecule has 0 amide bonds. The van der Waals surface area contributed by atoms with Gasteiger partial charge in [0.25, 0.3) is 0 Å². The molecule has 1 fully saturated rings. The molecule has 160 valence electrons. The fourth-order valence-corrected chi connectivity index (χ4v) is 5.38. The number of H-pyrrole nitrogens is 1. The first-order chi connectivity index (χ1) is 13.6. The van der Waals surface area contributed by atoms with Crippen LogP contribution in [0.3, 0.4) is 0 Å². The van der Waals surface area contributed by atoms with Crippen LogP contribution in [-0.4, -0.2) is 41.8 Å². The molecule has 2 aromatic rings. The zero-order valence-electron chi connectivity index (χ0n) is 16.0. The molecule has 1 saturated carbocycles. The van der Waals surface area contributed by atoms with Crippen LogP contribution in [0.1, 0.15) is 55.6 Å². The average Bonchev–Trinajstić information content (AvgIpc) is 3.18. The number of halogens is 3. The van der Waals surface area contributed by atoms with E-state index in [-0.39, 0.29) is 17.3 Å². The minimum atomic E-state index is -4.82. The Labute approximate surface area is 167 Å². The topological polar surface area (TPSA) is 115 Å². The molecule has 0 radical (unpaired) electrons. The van der Waals surface area contributed by atoms with E-state index in [1.807, 2.05) is 0 Å². The zero-order chi connectivity index (χ0) is 21.2. The van der Waals surface area contributed by atoms with Gasteiger partial charge in [-0.2, -0.15) is 18.4 Å². The first kappa shape index (κ1) is 21.7. The van der Waals surface area contributed by atoms with Crippen molar-refractivity contribution in [2.45, 2.75) is 55.5 Å². The maximum atomic E-state index is 13.6. The normalized spacial score (nSPS) is 20.7. The SMILES string of the molecule is CS(=O)(=O)c1c(C(F)(F)F)ccc(C2CCC(CCCN)CC2)c1-c1nn[nH]n1. The van der Waals surface area contributed by atoms with Gasteiger partial charge in [0.2, 0.25) is 5.82 Å². The number of hydrogen-bond donors (Lipinski definition) is 2. The molecular weight excluding hydrogens is 407 g/mol. The number of sulfone groups is 1. The summed E-state index contributed by atoms with van der Waals surface area (Å²) in [4.78, 5) is -0.783. The Morgan fingerprint density at radius 3 is 2.41 bits per heavy atom. The summed E-state index contributed by atoms with van der Waals surface area (Å²) < 4.78 is 65.7. The average molecular weight is 431 g/mol. The summed E-state index contributed by atoms with van der Waals surface area (Å²) in [5.41, 5.74) is 4.79. The number of hydrogen-bond acceptors (Lipinski definition) is 6.